The number of guanidine groups is 1. The Hall–Kier alpha value is -3.61. The van der Waals surface area contributed by atoms with Gasteiger partial charge in [-0.25, -0.2) is 9.59 Å². The molecule has 0 aromatic heterocycles. The second-order valence-electron chi connectivity index (χ2n) is 5.79. The summed E-state index contributed by atoms with van der Waals surface area (Å²) in [4.78, 5) is 23.9. The van der Waals surface area contributed by atoms with E-state index in [0.717, 1.165) is 0 Å². The lowest BCUT2D eigenvalue weighted by Gasteiger charge is -2.23. The number of sulfonamides is 1. The van der Waals surface area contributed by atoms with Crippen LogP contribution in [0.2, 0.25) is 0 Å². The first-order valence-corrected chi connectivity index (χ1v) is 9.85. The molecule has 166 valence electrons. The standard InChI is InChI=1S/C18H16F3N3O6S/c19-18(20,21)31(27,28)24(17(26)30-12-14-9-5-2-6-10-14)15(22)23-16(25)29-11-13-7-3-1-4-8-13/h1-10H,11-12H2,(H2,22,23,25). The summed E-state index contributed by atoms with van der Waals surface area (Å²) in [6.07, 6.45) is -3.48. The van der Waals surface area contributed by atoms with Gasteiger partial charge < -0.3 is 9.47 Å². The lowest BCUT2D eigenvalue weighted by atomic mass is 10.2. The Labute approximate surface area is 174 Å². The van der Waals surface area contributed by atoms with Crippen LogP contribution in [0.15, 0.2) is 60.7 Å². The number of nitrogens with zero attached hydrogens (tertiary/aromatic N) is 1. The number of ether oxygens (including phenoxy) is 2. The van der Waals surface area contributed by atoms with Crippen LogP contribution in [-0.4, -0.2) is 36.4 Å². The zero-order chi connectivity index (χ0) is 23.1. The van der Waals surface area contributed by atoms with E-state index in [2.05, 4.69) is 4.74 Å². The van der Waals surface area contributed by atoms with Crippen molar-refractivity contribution in [2.24, 2.45) is 0 Å². The largest absolute Gasteiger partial charge is 0.517 e. The molecule has 2 aromatic carbocycles. The highest BCUT2D eigenvalue weighted by molar-refractivity contribution is 7.91. The summed E-state index contributed by atoms with van der Waals surface area (Å²) in [6, 6.07) is 15.8. The zero-order valence-corrected chi connectivity index (χ0v) is 16.4. The van der Waals surface area contributed by atoms with Crippen molar-refractivity contribution in [3.05, 3.63) is 71.8 Å². The molecule has 9 nitrogen and oxygen atoms in total. The smallest absolute Gasteiger partial charge is 0.444 e. The fourth-order valence-electron chi connectivity index (χ4n) is 2.10. The lowest BCUT2D eigenvalue weighted by Crippen LogP contribution is -2.53. The minimum Gasteiger partial charge on any atom is -0.444 e. The Morgan fingerprint density at radius 3 is 1.81 bits per heavy atom. The van der Waals surface area contributed by atoms with Gasteiger partial charge in [0, 0.05) is 0 Å². The molecule has 13 heteroatoms. The highest BCUT2D eigenvalue weighted by Gasteiger charge is 2.54. The van der Waals surface area contributed by atoms with Crippen molar-refractivity contribution < 1.29 is 40.7 Å². The summed E-state index contributed by atoms with van der Waals surface area (Å²) in [5.41, 5.74) is -5.08. The van der Waals surface area contributed by atoms with Crippen LogP contribution in [0.1, 0.15) is 11.1 Å². The predicted molar refractivity (Wildman–Crippen MR) is 101 cm³/mol. The quantitative estimate of drug-likeness (QED) is 0.522. The highest BCUT2D eigenvalue weighted by atomic mass is 32.2. The van der Waals surface area contributed by atoms with Crippen LogP contribution in [0.25, 0.3) is 0 Å². The van der Waals surface area contributed by atoms with Crippen LogP contribution in [0.3, 0.4) is 0 Å². The van der Waals surface area contributed by atoms with Crippen molar-refractivity contribution in [1.82, 2.24) is 9.62 Å². The van der Waals surface area contributed by atoms with E-state index in [0.29, 0.717) is 11.1 Å². The van der Waals surface area contributed by atoms with Crippen LogP contribution in [0.4, 0.5) is 22.8 Å². The Morgan fingerprint density at radius 2 is 1.35 bits per heavy atom. The van der Waals surface area contributed by atoms with Crippen LogP contribution in [-0.2, 0) is 32.7 Å². The number of hydrogen-bond donors (Lipinski definition) is 2. The van der Waals surface area contributed by atoms with Gasteiger partial charge in [0.1, 0.15) is 13.2 Å². The van der Waals surface area contributed by atoms with Crippen molar-refractivity contribution in [2.45, 2.75) is 18.7 Å². The number of carbonyl (C=O) groups excluding carboxylic acids is 2. The first kappa shape index (κ1) is 23.7. The molecule has 0 aliphatic rings. The zero-order valence-electron chi connectivity index (χ0n) is 15.6. The molecule has 0 atom stereocenters. The Bertz CT molecular complexity index is 1030. The van der Waals surface area contributed by atoms with E-state index < -0.39 is 44.6 Å². The van der Waals surface area contributed by atoms with Crippen LogP contribution in [0.5, 0.6) is 0 Å². The van der Waals surface area contributed by atoms with E-state index in [4.69, 9.17) is 10.1 Å². The van der Waals surface area contributed by atoms with Gasteiger partial charge in [-0.3, -0.25) is 10.7 Å². The molecule has 0 fully saturated rings. The van der Waals surface area contributed by atoms with Crippen LogP contribution in [0, 0.1) is 5.41 Å². The summed E-state index contributed by atoms with van der Waals surface area (Å²) >= 11 is 0. The molecule has 0 bridgehead atoms. The molecule has 0 aliphatic carbocycles. The molecule has 31 heavy (non-hydrogen) atoms. The molecule has 0 radical (unpaired) electrons. The number of alkyl halides is 3. The molecule has 0 saturated carbocycles. The molecule has 0 heterocycles. The summed E-state index contributed by atoms with van der Waals surface area (Å²) in [6.45, 7) is -0.889. The SMILES string of the molecule is N=C(NC(=O)OCc1ccccc1)N(C(=O)OCc1ccccc1)S(=O)(=O)C(F)(F)F. The van der Waals surface area contributed by atoms with Gasteiger partial charge in [0.25, 0.3) is 0 Å². The highest BCUT2D eigenvalue weighted by Crippen LogP contribution is 2.27. The van der Waals surface area contributed by atoms with Crippen molar-refractivity contribution in [2.75, 3.05) is 0 Å². The maximum atomic E-state index is 13.0. The molecule has 0 spiro atoms. The number of amides is 2. The van der Waals surface area contributed by atoms with Crippen molar-refractivity contribution in [3.63, 3.8) is 0 Å². The third kappa shape index (κ3) is 6.44. The lowest BCUT2D eigenvalue weighted by molar-refractivity contribution is -0.0473. The molecule has 2 N–H and O–H groups in total. The number of hydrogen-bond acceptors (Lipinski definition) is 7. The Morgan fingerprint density at radius 1 is 0.903 bits per heavy atom. The number of alkyl carbamates (subject to hydrolysis) is 1. The Balaban J connectivity index is 2.12. The molecule has 0 unspecified atom stereocenters. The Kier molecular flexibility index (Phi) is 7.58. The third-order valence-electron chi connectivity index (χ3n) is 3.54. The molecular weight excluding hydrogens is 443 g/mol. The fourth-order valence-corrected chi connectivity index (χ4v) is 2.84. The molecule has 0 saturated heterocycles. The van der Waals surface area contributed by atoms with E-state index in [1.807, 2.05) is 0 Å². The minimum absolute atomic E-state index is 0.315. The summed E-state index contributed by atoms with van der Waals surface area (Å²) in [5, 5.41) is 9.02. The van der Waals surface area contributed by atoms with Crippen molar-refractivity contribution in [3.8, 4) is 0 Å². The van der Waals surface area contributed by atoms with Gasteiger partial charge in [-0.05, 0) is 11.1 Å². The number of carbonyl (C=O) groups is 2. The number of benzene rings is 2. The maximum absolute atomic E-state index is 13.0. The van der Waals surface area contributed by atoms with Crippen LogP contribution < -0.4 is 5.32 Å². The first-order chi connectivity index (χ1) is 14.5. The topological polar surface area (TPSA) is 126 Å². The van der Waals surface area contributed by atoms with E-state index in [-0.39, 0.29) is 6.61 Å². The second-order valence-corrected chi connectivity index (χ2v) is 7.57. The van der Waals surface area contributed by atoms with Gasteiger partial charge in [0.15, 0.2) is 0 Å². The maximum Gasteiger partial charge on any atom is 0.517 e. The van der Waals surface area contributed by atoms with E-state index in [1.165, 1.54) is 17.4 Å². The van der Waals surface area contributed by atoms with Gasteiger partial charge in [-0.2, -0.15) is 21.6 Å². The van der Waals surface area contributed by atoms with Crippen LogP contribution >= 0.6 is 0 Å². The van der Waals surface area contributed by atoms with Gasteiger partial charge in [0.05, 0.1) is 0 Å². The monoisotopic (exact) mass is 459 g/mol. The molecule has 2 rings (SSSR count). The van der Waals surface area contributed by atoms with E-state index in [1.54, 1.807) is 48.5 Å². The normalized spacial score (nSPS) is 11.3. The third-order valence-corrected chi connectivity index (χ3v) is 4.94. The number of nitrogens with one attached hydrogen (secondary N) is 2. The van der Waals surface area contributed by atoms with Gasteiger partial charge in [-0.1, -0.05) is 60.7 Å². The van der Waals surface area contributed by atoms with Crippen molar-refractivity contribution in [1.29, 1.82) is 5.41 Å². The molecule has 2 amide bonds. The second kappa shape index (κ2) is 9.93. The van der Waals surface area contributed by atoms with Crippen molar-refractivity contribution >= 4 is 28.2 Å². The summed E-state index contributed by atoms with van der Waals surface area (Å²) < 4.78 is 70.8. The number of halogens is 3. The van der Waals surface area contributed by atoms with Gasteiger partial charge in [0.2, 0.25) is 5.96 Å². The molecule has 2 aromatic rings. The summed E-state index contributed by atoms with van der Waals surface area (Å²) in [7, 11) is -6.39. The van der Waals surface area contributed by atoms with Gasteiger partial charge in [-0.15, -0.1) is 4.31 Å². The minimum atomic E-state index is -6.39. The average molecular weight is 459 g/mol. The first-order valence-electron chi connectivity index (χ1n) is 8.41. The fraction of sp³-hybridized carbons (Fsp3) is 0.167. The average Bonchev–Trinajstić information content (AvgIpc) is 2.71. The summed E-state index contributed by atoms with van der Waals surface area (Å²) in [5.74, 6) is -1.71. The van der Waals surface area contributed by atoms with Gasteiger partial charge >= 0.3 is 27.7 Å². The molecular formula is C18H16F3N3O6S. The molecule has 0 aliphatic heterocycles. The number of rotatable bonds is 5. The predicted octanol–water partition coefficient (Wildman–Crippen LogP) is 3.34. The van der Waals surface area contributed by atoms with E-state index >= 15 is 0 Å². The van der Waals surface area contributed by atoms with E-state index in [9.17, 15) is 31.2 Å².